The van der Waals surface area contributed by atoms with E-state index in [9.17, 15) is 13.6 Å². The first-order chi connectivity index (χ1) is 10.0. The normalized spacial score (nSPS) is 10.2. The first-order valence-electron chi connectivity index (χ1n) is 6.16. The van der Waals surface area contributed by atoms with Crippen LogP contribution in [0.1, 0.15) is 17.3 Å². The van der Waals surface area contributed by atoms with Crippen molar-refractivity contribution in [2.24, 2.45) is 0 Å². The molecule has 0 spiro atoms. The number of aromatic nitrogens is 1. The third kappa shape index (κ3) is 3.44. The molecule has 1 heterocycles. The van der Waals surface area contributed by atoms with Gasteiger partial charge in [-0.2, -0.15) is 0 Å². The lowest BCUT2D eigenvalue weighted by molar-refractivity contribution is 0.0527. The Morgan fingerprint density at radius 1 is 1.38 bits per heavy atom. The fourth-order valence-corrected chi connectivity index (χ4v) is 1.65. The summed E-state index contributed by atoms with van der Waals surface area (Å²) in [6.45, 7) is 1.87. The van der Waals surface area contributed by atoms with Crippen molar-refractivity contribution in [3.8, 4) is 0 Å². The van der Waals surface area contributed by atoms with Crippen LogP contribution in [0, 0.1) is 11.6 Å². The Morgan fingerprint density at radius 2 is 2.14 bits per heavy atom. The Morgan fingerprint density at radius 3 is 2.81 bits per heavy atom. The topological polar surface area (TPSA) is 77.2 Å². The SMILES string of the molecule is CCOC(=O)c1cc(Nc2ccc(F)cc2F)ncc1N. The van der Waals surface area contributed by atoms with Crippen LogP contribution in [0.3, 0.4) is 0 Å². The molecule has 0 unspecified atom stereocenters. The molecule has 2 rings (SSSR count). The standard InChI is InChI=1S/C14H13F2N3O2/c1-2-21-14(20)9-6-13(18-7-11(9)17)19-12-4-3-8(15)5-10(12)16/h3-7H,2,17H2,1H3,(H,18,19). The third-order valence-corrected chi connectivity index (χ3v) is 2.62. The number of halogens is 2. The van der Waals surface area contributed by atoms with Crippen LogP contribution in [0.2, 0.25) is 0 Å². The van der Waals surface area contributed by atoms with E-state index in [2.05, 4.69) is 10.3 Å². The number of ether oxygens (including phenoxy) is 1. The van der Waals surface area contributed by atoms with Gasteiger partial charge in [0.1, 0.15) is 17.5 Å². The maximum absolute atomic E-state index is 13.5. The summed E-state index contributed by atoms with van der Waals surface area (Å²) in [7, 11) is 0. The van der Waals surface area contributed by atoms with Crippen LogP contribution in [0.5, 0.6) is 0 Å². The first-order valence-corrected chi connectivity index (χ1v) is 6.16. The van der Waals surface area contributed by atoms with Gasteiger partial charge in [-0.05, 0) is 25.1 Å². The maximum atomic E-state index is 13.5. The van der Waals surface area contributed by atoms with E-state index in [0.717, 1.165) is 12.1 Å². The molecule has 110 valence electrons. The van der Waals surface area contributed by atoms with Gasteiger partial charge in [-0.3, -0.25) is 0 Å². The lowest BCUT2D eigenvalue weighted by Crippen LogP contribution is -2.09. The van der Waals surface area contributed by atoms with Crippen LogP contribution < -0.4 is 11.1 Å². The van der Waals surface area contributed by atoms with E-state index in [1.807, 2.05) is 0 Å². The summed E-state index contributed by atoms with van der Waals surface area (Å²) in [5.74, 6) is -1.86. The predicted molar refractivity (Wildman–Crippen MR) is 74.2 cm³/mol. The number of benzene rings is 1. The second-order valence-corrected chi connectivity index (χ2v) is 4.13. The molecule has 1 aromatic heterocycles. The number of carbonyl (C=O) groups excluding carboxylic acids is 1. The summed E-state index contributed by atoms with van der Waals surface area (Å²) in [5.41, 5.74) is 5.95. The van der Waals surface area contributed by atoms with Gasteiger partial charge in [-0.1, -0.05) is 0 Å². The average molecular weight is 293 g/mol. The summed E-state index contributed by atoms with van der Waals surface area (Å²) in [4.78, 5) is 15.6. The number of carbonyl (C=O) groups is 1. The first kappa shape index (κ1) is 14.7. The monoisotopic (exact) mass is 293 g/mol. The number of nitrogens with two attached hydrogens (primary N) is 1. The van der Waals surface area contributed by atoms with E-state index < -0.39 is 17.6 Å². The van der Waals surface area contributed by atoms with E-state index in [4.69, 9.17) is 10.5 Å². The highest BCUT2D eigenvalue weighted by molar-refractivity contribution is 5.95. The van der Waals surface area contributed by atoms with Crippen LogP contribution >= 0.6 is 0 Å². The largest absolute Gasteiger partial charge is 0.462 e. The molecule has 3 N–H and O–H groups in total. The Kier molecular flexibility index (Phi) is 4.32. The van der Waals surface area contributed by atoms with Crippen molar-refractivity contribution in [1.29, 1.82) is 0 Å². The van der Waals surface area contributed by atoms with E-state index in [1.54, 1.807) is 6.92 Å². The van der Waals surface area contributed by atoms with E-state index in [-0.39, 0.29) is 29.4 Å². The molecule has 0 fully saturated rings. The molecule has 0 radical (unpaired) electrons. The van der Waals surface area contributed by atoms with Gasteiger partial charge >= 0.3 is 5.97 Å². The van der Waals surface area contributed by atoms with Crippen LogP contribution in [0.15, 0.2) is 30.5 Å². The lowest BCUT2D eigenvalue weighted by Gasteiger charge is -2.10. The number of hydrogen-bond acceptors (Lipinski definition) is 5. The summed E-state index contributed by atoms with van der Waals surface area (Å²) >= 11 is 0. The van der Waals surface area contributed by atoms with Crippen LogP contribution in [-0.2, 0) is 4.74 Å². The molecule has 0 atom stereocenters. The molecular weight excluding hydrogens is 280 g/mol. The quantitative estimate of drug-likeness (QED) is 0.848. The molecule has 0 bridgehead atoms. The number of nitrogens with zero attached hydrogens (tertiary/aromatic N) is 1. The molecule has 0 aliphatic carbocycles. The van der Waals surface area contributed by atoms with Gasteiger partial charge in [0.05, 0.1) is 29.7 Å². The lowest BCUT2D eigenvalue weighted by atomic mass is 10.2. The van der Waals surface area contributed by atoms with Gasteiger partial charge in [0.2, 0.25) is 0 Å². The number of anilines is 3. The van der Waals surface area contributed by atoms with E-state index in [1.165, 1.54) is 18.3 Å². The van der Waals surface area contributed by atoms with E-state index in [0.29, 0.717) is 0 Å². The molecule has 0 aliphatic heterocycles. The molecule has 0 saturated heterocycles. The van der Waals surface area contributed by atoms with Gasteiger partial charge in [0.25, 0.3) is 0 Å². The van der Waals surface area contributed by atoms with Crippen molar-refractivity contribution in [1.82, 2.24) is 4.98 Å². The molecule has 2 aromatic rings. The third-order valence-electron chi connectivity index (χ3n) is 2.62. The Bertz CT molecular complexity index is 677. The highest BCUT2D eigenvalue weighted by Crippen LogP contribution is 2.22. The number of hydrogen-bond donors (Lipinski definition) is 2. The van der Waals surface area contributed by atoms with Gasteiger partial charge in [0, 0.05) is 6.07 Å². The Labute approximate surface area is 119 Å². The van der Waals surface area contributed by atoms with Gasteiger partial charge in [-0.25, -0.2) is 18.6 Å². The van der Waals surface area contributed by atoms with Crippen LogP contribution in [0.25, 0.3) is 0 Å². The van der Waals surface area contributed by atoms with Crippen molar-refractivity contribution >= 4 is 23.2 Å². The second-order valence-electron chi connectivity index (χ2n) is 4.13. The molecule has 21 heavy (non-hydrogen) atoms. The molecule has 0 amide bonds. The summed E-state index contributed by atoms with van der Waals surface area (Å²) in [6.07, 6.45) is 1.26. The fourth-order valence-electron chi connectivity index (χ4n) is 1.65. The number of nitrogens with one attached hydrogen (secondary N) is 1. The molecule has 7 heteroatoms. The Hall–Kier alpha value is -2.70. The molecule has 5 nitrogen and oxygen atoms in total. The minimum Gasteiger partial charge on any atom is -0.462 e. The number of esters is 1. The smallest absolute Gasteiger partial charge is 0.340 e. The zero-order valence-electron chi connectivity index (χ0n) is 11.2. The summed E-state index contributed by atoms with van der Waals surface area (Å²) in [6, 6.07) is 4.42. The van der Waals surface area contributed by atoms with Crippen LogP contribution in [-0.4, -0.2) is 17.6 Å². The van der Waals surface area contributed by atoms with Crippen molar-refractivity contribution in [3.05, 3.63) is 47.7 Å². The second kappa shape index (κ2) is 6.17. The molecule has 0 saturated carbocycles. The van der Waals surface area contributed by atoms with Crippen molar-refractivity contribution in [2.75, 3.05) is 17.7 Å². The highest BCUT2D eigenvalue weighted by Gasteiger charge is 2.13. The Balaban J connectivity index is 2.28. The number of nitrogen functional groups attached to an aromatic ring is 1. The van der Waals surface area contributed by atoms with Gasteiger partial charge in [0.15, 0.2) is 0 Å². The van der Waals surface area contributed by atoms with Gasteiger partial charge in [-0.15, -0.1) is 0 Å². The van der Waals surface area contributed by atoms with Crippen molar-refractivity contribution in [3.63, 3.8) is 0 Å². The fraction of sp³-hybridized carbons (Fsp3) is 0.143. The minimum atomic E-state index is -0.772. The van der Waals surface area contributed by atoms with E-state index >= 15 is 0 Å². The van der Waals surface area contributed by atoms with Gasteiger partial charge < -0.3 is 15.8 Å². The molecule has 1 aromatic carbocycles. The predicted octanol–water partition coefficient (Wildman–Crippen LogP) is 2.86. The molecular formula is C14H13F2N3O2. The summed E-state index contributed by atoms with van der Waals surface area (Å²) in [5, 5.41) is 2.65. The highest BCUT2D eigenvalue weighted by atomic mass is 19.1. The van der Waals surface area contributed by atoms with Crippen LogP contribution in [0.4, 0.5) is 26.0 Å². The number of pyridine rings is 1. The molecule has 0 aliphatic rings. The number of rotatable bonds is 4. The summed E-state index contributed by atoms with van der Waals surface area (Å²) < 4.78 is 31.2. The maximum Gasteiger partial charge on any atom is 0.340 e. The minimum absolute atomic E-state index is 0.0310. The van der Waals surface area contributed by atoms with Crippen molar-refractivity contribution in [2.45, 2.75) is 6.92 Å². The zero-order chi connectivity index (χ0) is 15.4. The zero-order valence-corrected chi connectivity index (χ0v) is 11.2. The van der Waals surface area contributed by atoms with Crippen molar-refractivity contribution < 1.29 is 18.3 Å². The average Bonchev–Trinajstić information content (AvgIpc) is 2.44.